The molecule has 2 heterocycles. The van der Waals surface area contributed by atoms with Gasteiger partial charge >= 0.3 is 0 Å². The Bertz CT molecular complexity index is 1020. The van der Waals surface area contributed by atoms with Crippen molar-refractivity contribution in [2.24, 2.45) is 0 Å². The topological polar surface area (TPSA) is 99.0 Å². The van der Waals surface area contributed by atoms with Gasteiger partial charge in [0.05, 0.1) is 17.1 Å². The Labute approximate surface area is 158 Å². The normalized spacial score (nSPS) is 13.0. The molecular formula is C18H23N5O3S. The van der Waals surface area contributed by atoms with Crippen LogP contribution in [0.1, 0.15) is 25.8 Å². The van der Waals surface area contributed by atoms with Crippen molar-refractivity contribution in [2.45, 2.75) is 30.7 Å². The van der Waals surface area contributed by atoms with Crippen molar-refractivity contribution >= 4 is 20.9 Å². The maximum atomic E-state index is 11.6. The number of benzene rings is 1. The molecule has 3 aromatic rings. The van der Waals surface area contributed by atoms with E-state index >= 15 is 0 Å². The predicted octanol–water partition coefficient (Wildman–Crippen LogP) is 2.58. The number of rotatable bonds is 8. The van der Waals surface area contributed by atoms with E-state index in [2.05, 4.69) is 27.3 Å². The highest BCUT2D eigenvalue weighted by atomic mass is 32.2. The zero-order valence-electron chi connectivity index (χ0n) is 15.6. The van der Waals surface area contributed by atoms with Crippen molar-refractivity contribution in [2.75, 3.05) is 19.8 Å². The maximum Gasteiger partial charge on any atom is 0.233 e. The third-order valence-electron chi connectivity index (χ3n) is 4.37. The molecule has 0 saturated heterocycles. The molecule has 2 aromatic heterocycles. The molecule has 27 heavy (non-hydrogen) atoms. The third kappa shape index (κ3) is 4.25. The first kappa shape index (κ1) is 19.2. The summed E-state index contributed by atoms with van der Waals surface area (Å²) in [7, 11) is -1.32. The summed E-state index contributed by atoms with van der Waals surface area (Å²) >= 11 is 0. The van der Waals surface area contributed by atoms with Gasteiger partial charge in [-0.25, -0.2) is 23.1 Å². The van der Waals surface area contributed by atoms with E-state index in [0.717, 1.165) is 25.0 Å². The predicted molar refractivity (Wildman–Crippen MR) is 103 cm³/mol. The lowest BCUT2D eigenvalue weighted by molar-refractivity contribution is 0.417. The Kier molecular flexibility index (Phi) is 5.71. The minimum atomic E-state index is -3.24. The Morgan fingerprint density at radius 3 is 2.59 bits per heavy atom. The number of nitrogens with zero attached hydrogens (tertiary/aromatic N) is 4. The molecule has 0 aliphatic rings. The first-order chi connectivity index (χ1) is 12.9. The van der Waals surface area contributed by atoms with Gasteiger partial charge in [0.15, 0.2) is 15.5 Å². The van der Waals surface area contributed by atoms with Crippen molar-refractivity contribution in [3.05, 3.63) is 36.8 Å². The van der Waals surface area contributed by atoms with Gasteiger partial charge in [0.2, 0.25) is 5.88 Å². The molecule has 0 radical (unpaired) electrons. The number of fused-ring (bicyclic) bond motifs is 1. The van der Waals surface area contributed by atoms with Crippen molar-refractivity contribution in [1.82, 2.24) is 25.1 Å². The molecule has 0 aliphatic carbocycles. The third-order valence-corrected chi connectivity index (χ3v) is 5.49. The maximum absolute atomic E-state index is 11.6. The molecule has 144 valence electrons. The van der Waals surface area contributed by atoms with Gasteiger partial charge in [0.25, 0.3) is 0 Å². The summed E-state index contributed by atoms with van der Waals surface area (Å²) in [6, 6.07) is 6.47. The highest BCUT2D eigenvalue weighted by Gasteiger charge is 2.17. The molecule has 1 atom stereocenters. The van der Waals surface area contributed by atoms with Crippen LogP contribution >= 0.6 is 0 Å². The largest absolute Gasteiger partial charge is 0.438 e. The Morgan fingerprint density at radius 1 is 1.22 bits per heavy atom. The van der Waals surface area contributed by atoms with E-state index in [4.69, 9.17) is 4.74 Å². The average molecular weight is 389 g/mol. The Hall–Kier alpha value is -2.52. The van der Waals surface area contributed by atoms with E-state index in [-0.39, 0.29) is 10.9 Å². The zero-order valence-corrected chi connectivity index (χ0v) is 16.4. The van der Waals surface area contributed by atoms with Crippen LogP contribution in [0.25, 0.3) is 11.0 Å². The standard InChI is InChI=1S/C18H23N5O3S/c1-4-13(9-10-19-2)23-17-16(11-22-23)18(21-12-20-17)26-14-5-7-15(8-6-14)27(3,24)25/h5-8,11-13,19H,4,9-10H2,1-3H3. The molecule has 0 fully saturated rings. The second kappa shape index (κ2) is 8.01. The molecule has 0 saturated carbocycles. The van der Waals surface area contributed by atoms with Gasteiger partial charge in [0, 0.05) is 6.26 Å². The molecule has 0 amide bonds. The number of aromatic nitrogens is 4. The highest BCUT2D eigenvalue weighted by molar-refractivity contribution is 7.90. The average Bonchev–Trinajstić information content (AvgIpc) is 3.07. The minimum Gasteiger partial charge on any atom is -0.438 e. The van der Waals surface area contributed by atoms with Crippen LogP contribution in [0.3, 0.4) is 0 Å². The summed E-state index contributed by atoms with van der Waals surface area (Å²) in [5.41, 5.74) is 0.718. The summed E-state index contributed by atoms with van der Waals surface area (Å²) < 4.78 is 30.9. The van der Waals surface area contributed by atoms with Crippen molar-refractivity contribution < 1.29 is 13.2 Å². The van der Waals surface area contributed by atoms with E-state index in [1.165, 1.54) is 24.7 Å². The summed E-state index contributed by atoms with van der Waals surface area (Å²) in [6.45, 7) is 3.01. The zero-order chi connectivity index (χ0) is 19.4. The first-order valence-electron chi connectivity index (χ1n) is 8.74. The molecule has 3 rings (SSSR count). The van der Waals surface area contributed by atoms with Gasteiger partial charge in [-0.3, -0.25) is 0 Å². The van der Waals surface area contributed by atoms with Crippen molar-refractivity contribution in [3.63, 3.8) is 0 Å². The summed E-state index contributed by atoms with van der Waals surface area (Å²) in [4.78, 5) is 8.83. The summed E-state index contributed by atoms with van der Waals surface area (Å²) in [5.74, 6) is 0.888. The van der Waals surface area contributed by atoms with Gasteiger partial charge < -0.3 is 10.1 Å². The molecule has 1 aromatic carbocycles. The molecule has 1 unspecified atom stereocenters. The molecule has 9 heteroatoms. The number of hydrogen-bond donors (Lipinski definition) is 1. The fourth-order valence-electron chi connectivity index (χ4n) is 2.87. The van der Waals surface area contributed by atoms with Crippen LogP contribution in [-0.2, 0) is 9.84 Å². The van der Waals surface area contributed by atoms with E-state index < -0.39 is 9.84 Å². The van der Waals surface area contributed by atoms with E-state index in [0.29, 0.717) is 17.0 Å². The highest BCUT2D eigenvalue weighted by Crippen LogP contribution is 2.29. The summed E-state index contributed by atoms with van der Waals surface area (Å²) in [6.07, 6.45) is 6.20. The lowest BCUT2D eigenvalue weighted by Gasteiger charge is -2.16. The fraction of sp³-hybridized carbons (Fsp3) is 0.389. The van der Waals surface area contributed by atoms with Crippen LogP contribution in [0.15, 0.2) is 41.7 Å². The quantitative estimate of drug-likeness (QED) is 0.632. The first-order valence-corrected chi connectivity index (χ1v) is 10.6. The number of hydrogen-bond acceptors (Lipinski definition) is 7. The summed E-state index contributed by atoms with van der Waals surface area (Å²) in [5, 5.41) is 8.37. The van der Waals surface area contributed by atoms with E-state index in [1.807, 2.05) is 11.7 Å². The van der Waals surface area contributed by atoms with E-state index in [1.54, 1.807) is 18.3 Å². The van der Waals surface area contributed by atoms with Crippen LogP contribution < -0.4 is 10.1 Å². The van der Waals surface area contributed by atoms with Crippen LogP contribution in [0.2, 0.25) is 0 Å². The molecule has 0 spiro atoms. The lowest BCUT2D eigenvalue weighted by Crippen LogP contribution is -2.17. The lowest BCUT2D eigenvalue weighted by atomic mass is 10.1. The monoisotopic (exact) mass is 389 g/mol. The smallest absolute Gasteiger partial charge is 0.233 e. The second-order valence-electron chi connectivity index (χ2n) is 6.31. The van der Waals surface area contributed by atoms with Gasteiger partial charge in [0.1, 0.15) is 17.5 Å². The van der Waals surface area contributed by atoms with Gasteiger partial charge in [-0.05, 0) is 50.7 Å². The van der Waals surface area contributed by atoms with Gasteiger partial charge in [-0.1, -0.05) is 6.92 Å². The van der Waals surface area contributed by atoms with Gasteiger partial charge in [-0.15, -0.1) is 0 Å². The van der Waals surface area contributed by atoms with Crippen molar-refractivity contribution in [3.8, 4) is 11.6 Å². The Balaban J connectivity index is 1.90. The van der Waals surface area contributed by atoms with Crippen molar-refractivity contribution in [1.29, 1.82) is 0 Å². The number of nitrogens with one attached hydrogen (secondary N) is 1. The fourth-order valence-corrected chi connectivity index (χ4v) is 3.50. The number of ether oxygens (including phenoxy) is 1. The minimum absolute atomic E-state index is 0.228. The molecule has 0 aliphatic heterocycles. The molecule has 1 N–H and O–H groups in total. The molecular weight excluding hydrogens is 366 g/mol. The van der Waals surface area contributed by atoms with E-state index in [9.17, 15) is 8.42 Å². The number of sulfone groups is 1. The van der Waals surface area contributed by atoms with Crippen LogP contribution in [-0.4, -0.2) is 48.0 Å². The molecule has 8 nitrogen and oxygen atoms in total. The van der Waals surface area contributed by atoms with Gasteiger partial charge in [-0.2, -0.15) is 5.10 Å². The molecule has 0 bridgehead atoms. The SMILES string of the molecule is CCC(CCNC)n1ncc2c(Oc3ccc(S(C)(=O)=O)cc3)ncnc21. The van der Waals surface area contributed by atoms with Crippen LogP contribution in [0, 0.1) is 0 Å². The van der Waals surface area contributed by atoms with Crippen LogP contribution in [0.4, 0.5) is 0 Å². The second-order valence-corrected chi connectivity index (χ2v) is 8.32. The van der Waals surface area contributed by atoms with Crippen LogP contribution in [0.5, 0.6) is 11.6 Å². The Morgan fingerprint density at radius 2 is 1.96 bits per heavy atom.